The van der Waals surface area contributed by atoms with Gasteiger partial charge >= 0.3 is 12.0 Å². The Labute approximate surface area is 147 Å². The van der Waals surface area contributed by atoms with E-state index in [0.29, 0.717) is 31.0 Å². The van der Waals surface area contributed by atoms with E-state index in [0.717, 1.165) is 19.3 Å². The highest BCUT2D eigenvalue weighted by atomic mass is 16.5. The van der Waals surface area contributed by atoms with Crippen molar-refractivity contribution in [3.05, 3.63) is 11.8 Å². The van der Waals surface area contributed by atoms with Gasteiger partial charge in [0.05, 0.1) is 13.2 Å². The molecule has 0 radical (unpaired) electrons. The number of hydrogen-bond acceptors (Lipinski definition) is 6. The van der Waals surface area contributed by atoms with E-state index in [4.69, 9.17) is 9.47 Å². The zero-order valence-corrected chi connectivity index (χ0v) is 15.1. The molecule has 1 aromatic rings. The molecule has 1 heterocycles. The zero-order chi connectivity index (χ0) is 18.3. The molecule has 0 saturated heterocycles. The van der Waals surface area contributed by atoms with Crippen molar-refractivity contribution in [1.82, 2.24) is 15.3 Å². The molecule has 8 nitrogen and oxygen atoms in total. The SMILES string of the molecule is CCOC(=O)C1(NC(=O)Nc2nc(C)cc(OCC)n2)CCCCC1. The first-order valence-electron chi connectivity index (χ1n) is 8.74. The second-order valence-electron chi connectivity index (χ2n) is 6.05. The lowest BCUT2D eigenvalue weighted by atomic mass is 9.81. The van der Waals surface area contributed by atoms with E-state index in [1.807, 2.05) is 6.92 Å². The van der Waals surface area contributed by atoms with Crippen molar-refractivity contribution in [1.29, 1.82) is 0 Å². The van der Waals surface area contributed by atoms with Gasteiger partial charge in [0.25, 0.3) is 0 Å². The van der Waals surface area contributed by atoms with E-state index in [-0.39, 0.29) is 18.5 Å². The summed E-state index contributed by atoms with van der Waals surface area (Å²) in [5.41, 5.74) is -0.309. The van der Waals surface area contributed by atoms with Crippen molar-refractivity contribution in [2.75, 3.05) is 18.5 Å². The maximum absolute atomic E-state index is 12.4. The number of esters is 1. The average Bonchev–Trinajstić information content (AvgIpc) is 2.55. The number of aromatic nitrogens is 2. The Hall–Kier alpha value is -2.38. The van der Waals surface area contributed by atoms with E-state index in [1.165, 1.54) is 0 Å². The average molecular weight is 350 g/mol. The molecule has 1 aliphatic rings. The van der Waals surface area contributed by atoms with Gasteiger partial charge in [-0.25, -0.2) is 14.6 Å². The molecule has 0 atom stereocenters. The van der Waals surface area contributed by atoms with Gasteiger partial charge in [0, 0.05) is 11.8 Å². The molecule has 2 rings (SSSR count). The molecule has 2 N–H and O–H groups in total. The summed E-state index contributed by atoms with van der Waals surface area (Å²) >= 11 is 0. The number of urea groups is 1. The Bertz CT molecular complexity index is 615. The second-order valence-corrected chi connectivity index (χ2v) is 6.05. The lowest BCUT2D eigenvalue weighted by molar-refractivity contribution is -0.152. The largest absolute Gasteiger partial charge is 0.478 e. The van der Waals surface area contributed by atoms with E-state index in [2.05, 4.69) is 20.6 Å². The molecule has 0 bridgehead atoms. The van der Waals surface area contributed by atoms with Gasteiger partial charge in [-0.05, 0) is 33.6 Å². The number of nitrogens with zero attached hydrogens (tertiary/aromatic N) is 2. The molecule has 1 aromatic heterocycles. The van der Waals surface area contributed by atoms with Crippen molar-refractivity contribution in [2.45, 2.75) is 58.4 Å². The third-order valence-corrected chi connectivity index (χ3v) is 4.07. The number of aryl methyl sites for hydroxylation is 1. The number of hydrogen-bond donors (Lipinski definition) is 2. The smallest absolute Gasteiger partial charge is 0.331 e. The topological polar surface area (TPSA) is 102 Å². The molecule has 0 aromatic carbocycles. The standard InChI is InChI=1S/C17H26N4O4/c1-4-24-13-11-12(3)18-15(19-13)20-16(23)21-17(14(22)25-5-2)9-7-6-8-10-17/h11H,4-10H2,1-3H3,(H2,18,19,20,21,23). The maximum Gasteiger partial charge on any atom is 0.331 e. The number of anilines is 1. The van der Waals surface area contributed by atoms with Crippen LogP contribution in [0.1, 0.15) is 51.6 Å². The van der Waals surface area contributed by atoms with Crippen LogP contribution in [-0.4, -0.2) is 40.7 Å². The first kappa shape index (κ1) is 19.0. The number of carbonyl (C=O) groups excluding carboxylic acids is 2. The summed E-state index contributed by atoms with van der Waals surface area (Å²) in [4.78, 5) is 33.1. The van der Waals surface area contributed by atoms with Crippen molar-refractivity contribution < 1.29 is 19.1 Å². The Balaban J connectivity index is 2.10. The monoisotopic (exact) mass is 350 g/mol. The van der Waals surface area contributed by atoms with Gasteiger partial charge in [-0.3, -0.25) is 5.32 Å². The number of ether oxygens (including phenoxy) is 2. The lowest BCUT2D eigenvalue weighted by Gasteiger charge is -2.35. The lowest BCUT2D eigenvalue weighted by Crippen LogP contribution is -2.57. The number of carbonyl (C=O) groups is 2. The van der Waals surface area contributed by atoms with Gasteiger partial charge in [-0.1, -0.05) is 19.3 Å². The quantitative estimate of drug-likeness (QED) is 0.765. The van der Waals surface area contributed by atoms with Crippen LogP contribution in [0, 0.1) is 6.92 Å². The van der Waals surface area contributed by atoms with Gasteiger partial charge in [0.2, 0.25) is 11.8 Å². The number of nitrogens with one attached hydrogen (secondary N) is 2. The van der Waals surface area contributed by atoms with E-state index in [1.54, 1.807) is 19.9 Å². The highest BCUT2D eigenvalue weighted by Gasteiger charge is 2.42. The van der Waals surface area contributed by atoms with E-state index < -0.39 is 11.6 Å². The minimum atomic E-state index is -0.981. The van der Waals surface area contributed by atoms with Crippen LogP contribution in [0.5, 0.6) is 5.88 Å². The fourth-order valence-corrected chi connectivity index (χ4v) is 2.97. The van der Waals surface area contributed by atoms with Gasteiger partial charge in [-0.2, -0.15) is 4.98 Å². The van der Waals surface area contributed by atoms with Gasteiger partial charge in [0.15, 0.2) is 0 Å². The van der Waals surface area contributed by atoms with Crippen LogP contribution in [0.25, 0.3) is 0 Å². The normalized spacial score (nSPS) is 16.0. The Morgan fingerprint density at radius 2 is 1.88 bits per heavy atom. The number of amides is 2. The fraction of sp³-hybridized carbons (Fsp3) is 0.647. The van der Waals surface area contributed by atoms with Crippen molar-refractivity contribution in [2.24, 2.45) is 0 Å². The minimum Gasteiger partial charge on any atom is -0.478 e. The number of rotatable bonds is 6. The van der Waals surface area contributed by atoms with Crippen LogP contribution in [0.15, 0.2) is 6.07 Å². The van der Waals surface area contributed by atoms with Crippen LogP contribution < -0.4 is 15.4 Å². The molecule has 0 spiro atoms. The molecule has 0 aliphatic heterocycles. The molecule has 138 valence electrons. The summed E-state index contributed by atoms with van der Waals surface area (Å²) in [7, 11) is 0. The first-order valence-corrected chi connectivity index (χ1v) is 8.74. The van der Waals surface area contributed by atoms with Crippen LogP contribution in [0.3, 0.4) is 0 Å². The summed E-state index contributed by atoms with van der Waals surface area (Å²) in [6.07, 6.45) is 3.92. The van der Waals surface area contributed by atoms with Crippen LogP contribution in [0.2, 0.25) is 0 Å². The molecule has 1 aliphatic carbocycles. The molecule has 25 heavy (non-hydrogen) atoms. The minimum absolute atomic E-state index is 0.135. The molecular formula is C17H26N4O4. The van der Waals surface area contributed by atoms with E-state index >= 15 is 0 Å². The highest BCUT2D eigenvalue weighted by molar-refractivity contribution is 5.93. The molecule has 1 fully saturated rings. The zero-order valence-electron chi connectivity index (χ0n) is 15.1. The predicted molar refractivity (Wildman–Crippen MR) is 92.5 cm³/mol. The van der Waals surface area contributed by atoms with Crippen LogP contribution in [0.4, 0.5) is 10.7 Å². The fourth-order valence-electron chi connectivity index (χ4n) is 2.97. The molecule has 8 heteroatoms. The molecule has 0 unspecified atom stereocenters. The Morgan fingerprint density at radius 3 is 2.52 bits per heavy atom. The highest BCUT2D eigenvalue weighted by Crippen LogP contribution is 2.29. The van der Waals surface area contributed by atoms with Crippen molar-refractivity contribution >= 4 is 17.9 Å². The third kappa shape index (κ3) is 5.04. The summed E-state index contributed by atoms with van der Waals surface area (Å²) in [6.45, 7) is 6.14. The maximum atomic E-state index is 12.4. The van der Waals surface area contributed by atoms with Crippen LogP contribution in [-0.2, 0) is 9.53 Å². The summed E-state index contributed by atoms with van der Waals surface area (Å²) in [5, 5.41) is 5.38. The predicted octanol–water partition coefficient (Wildman–Crippen LogP) is 2.57. The third-order valence-electron chi connectivity index (χ3n) is 4.07. The summed E-state index contributed by atoms with van der Waals surface area (Å²) < 4.78 is 10.5. The first-order chi connectivity index (χ1) is 12.0. The van der Waals surface area contributed by atoms with Gasteiger partial charge < -0.3 is 14.8 Å². The van der Waals surface area contributed by atoms with Crippen molar-refractivity contribution in [3.8, 4) is 5.88 Å². The van der Waals surface area contributed by atoms with Gasteiger partial charge in [0.1, 0.15) is 5.54 Å². The van der Waals surface area contributed by atoms with Crippen molar-refractivity contribution in [3.63, 3.8) is 0 Å². The Kier molecular flexibility index (Phi) is 6.55. The Morgan fingerprint density at radius 1 is 1.16 bits per heavy atom. The molecule has 2 amide bonds. The van der Waals surface area contributed by atoms with Crippen LogP contribution >= 0.6 is 0 Å². The molecule has 1 saturated carbocycles. The summed E-state index contributed by atoms with van der Waals surface area (Å²) in [6, 6.07) is 1.16. The summed E-state index contributed by atoms with van der Waals surface area (Å²) in [5.74, 6) is 0.142. The molecular weight excluding hydrogens is 324 g/mol. The van der Waals surface area contributed by atoms with E-state index in [9.17, 15) is 9.59 Å². The van der Waals surface area contributed by atoms with Gasteiger partial charge in [-0.15, -0.1) is 0 Å². The second kappa shape index (κ2) is 8.64.